The molecule has 2 atom stereocenters. The Labute approximate surface area is 95.6 Å². The molecule has 2 fully saturated rings. The van der Waals surface area contributed by atoms with Gasteiger partial charge in [0.2, 0.25) is 5.89 Å². The van der Waals surface area contributed by atoms with Crippen molar-refractivity contribution >= 4 is 0 Å². The van der Waals surface area contributed by atoms with Gasteiger partial charge in [0.05, 0.1) is 0 Å². The summed E-state index contributed by atoms with van der Waals surface area (Å²) in [6, 6.07) is 0.326. The maximum atomic E-state index is 5.90. The van der Waals surface area contributed by atoms with E-state index in [1.54, 1.807) is 0 Å². The quantitative estimate of drug-likeness (QED) is 0.832. The zero-order chi connectivity index (χ0) is 11.0. The number of aromatic nitrogens is 2. The minimum absolute atomic E-state index is 0.326. The molecule has 0 amide bonds. The molecule has 0 spiro atoms. The lowest BCUT2D eigenvalue weighted by molar-refractivity contribution is 0.347. The van der Waals surface area contributed by atoms with Crippen molar-refractivity contribution in [2.75, 3.05) is 0 Å². The van der Waals surface area contributed by atoms with Gasteiger partial charge in [-0.05, 0) is 32.1 Å². The van der Waals surface area contributed by atoms with E-state index in [0.717, 1.165) is 31.0 Å². The van der Waals surface area contributed by atoms with Crippen molar-refractivity contribution < 1.29 is 4.52 Å². The predicted octanol–water partition coefficient (Wildman–Crippen LogP) is 2.32. The summed E-state index contributed by atoms with van der Waals surface area (Å²) in [6.45, 7) is 0. The summed E-state index contributed by atoms with van der Waals surface area (Å²) in [5.41, 5.74) is 5.90. The number of nitrogens with two attached hydrogens (primary N) is 1. The van der Waals surface area contributed by atoms with Crippen molar-refractivity contribution in [2.24, 2.45) is 5.73 Å². The Bertz CT molecular complexity index is 357. The average Bonchev–Trinajstić information content (AvgIpc) is 2.97. The minimum Gasteiger partial charge on any atom is -0.339 e. The standard InChI is InChI=1S/C12H19N3O/c13-10-6-5-9(7-10)12-14-11(15-16-12)8-3-1-2-4-8/h8-10H,1-7,13H2. The molecule has 88 valence electrons. The lowest BCUT2D eigenvalue weighted by atomic mass is 10.1. The van der Waals surface area contributed by atoms with Crippen molar-refractivity contribution in [1.29, 1.82) is 0 Å². The Hall–Kier alpha value is -0.900. The van der Waals surface area contributed by atoms with Gasteiger partial charge in [0.15, 0.2) is 5.82 Å². The maximum Gasteiger partial charge on any atom is 0.229 e. The molecule has 2 unspecified atom stereocenters. The summed E-state index contributed by atoms with van der Waals surface area (Å²) in [5.74, 6) is 2.73. The second-order valence-corrected chi connectivity index (χ2v) is 5.24. The highest BCUT2D eigenvalue weighted by molar-refractivity contribution is 5.03. The van der Waals surface area contributed by atoms with Crippen molar-refractivity contribution in [3.05, 3.63) is 11.7 Å². The summed E-state index contributed by atoms with van der Waals surface area (Å²) >= 11 is 0. The minimum atomic E-state index is 0.326. The molecular formula is C12H19N3O. The summed E-state index contributed by atoms with van der Waals surface area (Å²) in [5, 5.41) is 4.14. The van der Waals surface area contributed by atoms with E-state index in [0.29, 0.717) is 17.9 Å². The summed E-state index contributed by atoms with van der Waals surface area (Å²) in [7, 11) is 0. The largest absolute Gasteiger partial charge is 0.339 e. The van der Waals surface area contributed by atoms with Gasteiger partial charge >= 0.3 is 0 Å². The zero-order valence-corrected chi connectivity index (χ0v) is 9.56. The van der Waals surface area contributed by atoms with Crippen LogP contribution in [0.15, 0.2) is 4.52 Å². The molecule has 1 heterocycles. The van der Waals surface area contributed by atoms with E-state index in [9.17, 15) is 0 Å². The van der Waals surface area contributed by atoms with Gasteiger partial charge in [0.25, 0.3) is 0 Å². The van der Waals surface area contributed by atoms with Gasteiger partial charge in [0, 0.05) is 17.9 Å². The molecule has 2 aliphatic carbocycles. The van der Waals surface area contributed by atoms with Crippen molar-refractivity contribution in [3.8, 4) is 0 Å². The molecule has 0 saturated heterocycles. The first kappa shape index (κ1) is 10.3. The first-order valence-corrected chi connectivity index (χ1v) is 6.42. The summed E-state index contributed by atoms with van der Waals surface area (Å²) in [6.07, 6.45) is 8.27. The number of hydrogen-bond acceptors (Lipinski definition) is 4. The Balaban J connectivity index is 1.72. The highest BCUT2D eigenvalue weighted by Gasteiger charge is 2.29. The lowest BCUT2D eigenvalue weighted by Gasteiger charge is -2.02. The molecule has 2 saturated carbocycles. The number of hydrogen-bond donors (Lipinski definition) is 1. The van der Waals surface area contributed by atoms with E-state index in [1.165, 1.54) is 25.7 Å². The highest BCUT2D eigenvalue weighted by atomic mass is 16.5. The van der Waals surface area contributed by atoms with E-state index >= 15 is 0 Å². The van der Waals surface area contributed by atoms with Crippen LogP contribution in [0, 0.1) is 0 Å². The SMILES string of the molecule is NC1CCC(c2nc(C3CCCC3)no2)C1. The maximum absolute atomic E-state index is 5.90. The van der Waals surface area contributed by atoms with E-state index in [2.05, 4.69) is 10.1 Å². The molecule has 3 rings (SSSR count). The van der Waals surface area contributed by atoms with Crippen LogP contribution >= 0.6 is 0 Å². The van der Waals surface area contributed by atoms with Crippen LogP contribution < -0.4 is 5.73 Å². The first-order chi connectivity index (χ1) is 7.83. The third-order valence-electron chi connectivity index (χ3n) is 4.00. The molecule has 1 aromatic heterocycles. The summed E-state index contributed by atoms with van der Waals surface area (Å²) < 4.78 is 5.39. The van der Waals surface area contributed by atoms with Gasteiger partial charge in [0.1, 0.15) is 0 Å². The van der Waals surface area contributed by atoms with Gasteiger partial charge in [-0.1, -0.05) is 18.0 Å². The van der Waals surface area contributed by atoms with Crippen LogP contribution in [-0.4, -0.2) is 16.2 Å². The van der Waals surface area contributed by atoms with E-state index < -0.39 is 0 Å². The topological polar surface area (TPSA) is 64.9 Å². The molecule has 16 heavy (non-hydrogen) atoms. The molecule has 4 heteroatoms. The fourth-order valence-electron chi connectivity index (χ4n) is 3.00. The second kappa shape index (κ2) is 4.17. The summed E-state index contributed by atoms with van der Waals surface area (Å²) in [4.78, 5) is 4.58. The number of rotatable bonds is 2. The van der Waals surface area contributed by atoms with Gasteiger partial charge in [-0.15, -0.1) is 0 Å². The van der Waals surface area contributed by atoms with Gasteiger partial charge in [-0.2, -0.15) is 4.98 Å². The van der Waals surface area contributed by atoms with Crippen LogP contribution in [0.2, 0.25) is 0 Å². The van der Waals surface area contributed by atoms with Crippen molar-refractivity contribution in [1.82, 2.24) is 10.1 Å². The molecule has 4 nitrogen and oxygen atoms in total. The van der Waals surface area contributed by atoms with Gasteiger partial charge < -0.3 is 10.3 Å². The zero-order valence-electron chi connectivity index (χ0n) is 9.56. The third-order valence-corrected chi connectivity index (χ3v) is 4.00. The third kappa shape index (κ3) is 1.86. The van der Waals surface area contributed by atoms with E-state index in [4.69, 9.17) is 10.3 Å². The highest BCUT2D eigenvalue weighted by Crippen LogP contribution is 2.36. The van der Waals surface area contributed by atoms with E-state index in [-0.39, 0.29) is 0 Å². The fraction of sp³-hybridized carbons (Fsp3) is 0.833. The Morgan fingerprint density at radius 3 is 2.56 bits per heavy atom. The monoisotopic (exact) mass is 221 g/mol. The van der Waals surface area contributed by atoms with Crippen molar-refractivity contribution in [2.45, 2.75) is 62.8 Å². The van der Waals surface area contributed by atoms with Crippen LogP contribution in [0.25, 0.3) is 0 Å². The van der Waals surface area contributed by atoms with Crippen LogP contribution in [0.4, 0.5) is 0 Å². The fourth-order valence-corrected chi connectivity index (χ4v) is 3.00. The van der Waals surface area contributed by atoms with Crippen LogP contribution in [0.1, 0.15) is 68.5 Å². The van der Waals surface area contributed by atoms with Crippen molar-refractivity contribution in [3.63, 3.8) is 0 Å². The molecule has 2 aliphatic rings. The molecular weight excluding hydrogens is 202 g/mol. The van der Waals surface area contributed by atoms with Gasteiger partial charge in [-0.3, -0.25) is 0 Å². The van der Waals surface area contributed by atoms with Crippen LogP contribution in [0.5, 0.6) is 0 Å². The molecule has 0 bridgehead atoms. The molecule has 0 aliphatic heterocycles. The van der Waals surface area contributed by atoms with Crippen LogP contribution in [-0.2, 0) is 0 Å². The van der Waals surface area contributed by atoms with Crippen LogP contribution in [0.3, 0.4) is 0 Å². The Morgan fingerprint density at radius 2 is 1.88 bits per heavy atom. The molecule has 0 radical (unpaired) electrons. The first-order valence-electron chi connectivity index (χ1n) is 6.42. The predicted molar refractivity (Wildman–Crippen MR) is 60.1 cm³/mol. The Kier molecular flexibility index (Phi) is 2.67. The smallest absolute Gasteiger partial charge is 0.229 e. The molecule has 2 N–H and O–H groups in total. The van der Waals surface area contributed by atoms with E-state index in [1.807, 2.05) is 0 Å². The van der Waals surface area contributed by atoms with Gasteiger partial charge in [-0.25, -0.2) is 0 Å². The second-order valence-electron chi connectivity index (χ2n) is 5.24. The molecule has 1 aromatic rings. The Morgan fingerprint density at radius 1 is 1.06 bits per heavy atom. The normalized spacial score (nSPS) is 31.3. The number of nitrogens with zero attached hydrogens (tertiary/aromatic N) is 2. The lowest BCUT2D eigenvalue weighted by Crippen LogP contribution is -2.14. The molecule has 0 aromatic carbocycles. The average molecular weight is 221 g/mol.